The number of fused-ring (bicyclic) bond motifs is 1. The summed E-state index contributed by atoms with van der Waals surface area (Å²) in [4.78, 5) is 43.7. The number of esters is 1. The molecule has 2 aromatic rings. The number of ether oxygens (including phenoxy) is 4. The number of benzene rings is 2. The first-order valence-electron chi connectivity index (χ1n) is 19.2. The van der Waals surface area contributed by atoms with Gasteiger partial charge in [0.1, 0.15) is 29.8 Å². The lowest BCUT2D eigenvalue weighted by atomic mass is 9.78. The molecule has 1 unspecified atom stereocenters. The van der Waals surface area contributed by atoms with Crippen LogP contribution in [0.5, 0.6) is 0 Å². The van der Waals surface area contributed by atoms with E-state index in [1.807, 2.05) is 80.5 Å². The van der Waals surface area contributed by atoms with E-state index in [4.69, 9.17) is 18.9 Å². The van der Waals surface area contributed by atoms with E-state index in [1.165, 1.54) is 13.8 Å². The van der Waals surface area contributed by atoms with Crippen LogP contribution in [0.1, 0.15) is 80.2 Å². The van der Waals surface area contributed by atoms with Gasteiger partial charge in [-0.1, -0.05) is 75.4 Å². The first-order chi connectivity index (χ1) is 25.3. The molecule has 0 bridgehead atoms. The first-order valence-corrected chi connectivity index (χ1v) is 19.2. The number of aliphatic hydroxyl groups is 3. The standard InChI is InChI=1S/C42H62N2O10/c1-11-33-42(8,50)36(47)28(6)43-38(48)24(2)23-41(7,51-21-15-19-30-18-14-17-29-16-12-13-20-31(29)30)37(26(4)34(45)27(5)39(49)53-33)54-40-35(46)32(44(9)10)22-25(3)52-40/h12-20,24-28,32-33,35-37,40,46-47,50H,11,21-23H2,1-10H3,(H,43,48)/b19-15+/t24-,25-,26+,27-,28-,32+,33?,35-,36-,37-,40+,41-,42-/m1/s1. The van der Waals surface area contributed by atoms with Crippen LogP contribution in [0, 0.1) is 17.8 Å². The summed E-state index contributed by atoms with van der Waals surface area (Å²) in [5.41, 5.74) is -2.35. The van der Waals surface area contributed by atoms with Crippen molar-refractivity contribution in [1.29, 1.82) is 0 Å². The second-order valence-electron chi connectivity index (χ2n) is 16.0. The lowest BCUT2D eigenvalue weighted by Gasteiger charge is -2.47. The van der Waals surface area contributed by atoms with E-state index >= 15 is 0 Å². The zero-order valence-corrected chi connectivity index (χ0v) is 33.5. The normalized spacial score (nSPS) is 37.9. The van der Waals surface area contributed by atoms with E-state index in [-0.39, 0.29) is 31.6 Å². The van der Waals surface area contributed by atoms with Gasteiger partial charge >= 0.3 is 5.97 Å². The van der Waals surface area contributed by atoms with Gasteiger partial charge in [-0.05, 0) is 84.3 Å². The third-order valence-corrected chi connectivity index (χ3v) is 11.4. The van der Waals surface area contributed by atoms with E-state index in [0.29, 0.717) is 6.42 Å². The number of carbonyl (C=O) groups excluding carboxylic acids is 3. The number of rotatable bonds is 8. The molecular formula is C42H62N2O10. The van der Waals surface area contributed by atoms with Crippen molar-refractivity contribution < 1.29 is 48.7 Å². The molecule has 2 aliphatic heterocycles. The van der Waals surface area contributed by atoms with E-state index < -0.39 is 83.4 Å². The summed E-state index contributed by atoms with van der Waals surface area (Å²) in [5.74, 6) is -4.91. The molecule has 2 saturated heterocycles. The third-order valence-electron chi connectivity index (χ3n) is 11.4. The fourth-order valence-electron chi connectivity index (χ4n) is 8.02. The lowest BCUT2D eigenvalue weighted by molar-refractivity contribution is -0.296. The van der Waals surface area contributed by atoms with Crippen LogP contribution >= 0.6 is 0 Å². The lowest BCUT2D eigenvalue weighted by Crippen LogP contribution is -2.60. The summed E-state index contributed by atoms with van der Waals surface area (Å²) < 4.78 is 25.3. The molecule has 2 fully saturated rings. The van der Waals surface area contributed by atoms with Gasteiger partial charge in [-0.15, -0.1) is 0 Å². The molecule has 4 N–H and O–H groups in total. The Morgan fingerprint density at radius 1 is 1.00 bits per heavy atom. The molecule has 0 radical (unpaired) electrons. The zero-order chi connectivity index (χ0) is 40.1. The van der Waals surface area contributed by atoms with Crippen LogP contribution in [0.15, 0.2) is 48.5 Å². The Kier molecular flexibility index (Phi) is 14.6. The SMILES string of the molecule is CCC1OC(=O)[C@H](C)C(=O)[C@H](C)[C@@H](O[C@@H]2O[C@H](C)C[C@H](N(C)C)[C@H]2O)[C@](C)(OC/C=C/c2cccc3ccccc23)C[C@@H](C)C(=O)N[C@H](C)[C@@H](O)[C@]1(C)O. The van der Waals surface area contributed by atoms with Crippen molar-refractivity contribution >= 4 is 34.5 Å². The molecule has 0 saturated carbocycles. The largest absolute Gasteiger partial charge is 0.459 e. The van der Waals surface area contributed by atoms with Crippen LogP contribution in [0.3, 0.4) is 0 Å². The third kappa shape index (κ3) is 9.76. The quantitative estimate of drug-likeness (QED) is 0.225. The van der Waals surface area contributed by atoms with Gasteiger partial charge < -0.3 is 44.5 Å². The zero-order valence-electron chi connectivity index (χ0n) is 33.5. The molecule has 2 aliphatic rings. The fourth-order valence-corrected chi connectivity index (χ4v) is 8.02. The number of likely N-dealkylation sites (N-methyl/N-ethyl adjacent to an activating group) is 1. The van der Waals surface area contributed by atoms with E-state index in [1.54, 1.807) is 34.6 Å². The number of amides is 1. The van der Waals surface area contributed by atoms with Gasteiger partial charge in [0, 0.05) is 17.9 Å². The Hall–Kier alpha value is -3.23. The summed E-state index contributed by atoms with van der Waals surface area (Å²) in [6, 6.07) is 12.8. The number of carbonyl (C=O) groups is 3. The maximum Gasteiger partial charge on any atom is 0.316 e. The number of aliphatic hydroxyl groups excluding tert-OH is 2. The summed E-state index contributed by atoms with van der Waals surface area (Å²) in [7, 11) is 3.72. The molecule has 1 amide bonds. The van der Waals surface area contributed by atoms with Crippen molar-refractivity contribution in [2.75, 3.05) is 20.7 Å². The smallest absolute Gasteiger partial charge is 0.316 e. The van der Waals surface area contributed by atoms with Crippen molar-refractivity contribution in [1.82, 2.24) is 10.2 Å². The number of nitrogens with one attached hydrogen (secondary N) is 1. The van der Waals surface area contributed by atoms with Crippen LogP contribution in [-0.4, -0.2) is 119 Å². The Bertz CT molecular complexity index is 1620. The van der Waals surface area contributed by atoms with Crippen molar-refractivity contribution in [3.05, 3.63) is 54.1 Å². The van der Waals surface area contributed by atoms with Crippen molar-refractivity contribution in [2.24, 2.45) is 17.8 Å². The monoisotopic (exact) mass is 754 g/mol. The topological polar surface area (TPSA) is 164 Å². The Morgan fingerprint density at radius 3 is 2.33 bits per heavy atom. The molecule has 300 valence electrons. The van der Waals surface area contributed by atoms with Gasteiger partial charge in [-0.3, -0.25) is 14.4 Å². The van der Waals surface area contributed by atoms with Crippen molar-refractivity contribution in [3.8, 4) is 0 Å². The highest BCUT2D eigenvalue weighted by atomic mass is 16.7. The minimum Gasteiger partial charge on any atom is -0.459 e. The van der Waals surface area contributed by atoms with Crippen molar-refractivity contribution in [3.63, 3.8) is 0 Å². The summed E-state index contributed by atoms with van der Waals surface area (Å²) in [6.45, 7) is 13.1. The van der Waals surface area contributed by atoms with E-state index in [9.17, 15) is 29.7 Å². The van der Waals surface area contributed by atoms with E-state index in [2.05, 4.69) is 5.32 Å². The van der Waals surface area contributed by atoms with Gasteiger partial charge in [-0.25, -0.2) is 0 Å². The molecule has 54 heavy (non-hydrogen) atoms. The molecule has 2 heterocycles. The Labute approximate surface area is 320 Å². The second kappa shape index (κ2) is 18.1. The molecule has 12 heteroatoms. The van der Waals surface area contributed by atoms with Gasteiger partial charge in [-0.2, -0.15) is 0 Å². The highest BCUT2D eigenvalue weighted by molar-refractivity contribution is 6.00. The maximum atomic E-state index is 14.4. The molecule has 0 spiro atoms. The Morgan fingerprint density at radius 2 is 1.67 bits per heavy atom. The van der Waals surface area contributed by atoms with Gasteiger partial charge in [0.15, 0.2) is 12.1 Å². The highest BCUT2D eigenvalue weighted by Gasteiger charge is 2.51. The van der Waals surface area contributed by atoms with Gasteiger partial charge in [0.2, 0.25) is 5.91 Å². The molecule has 13 atom stereocenters. The molecule has 2 aromatic carbocycles. The second-order valence-corrected chi connectivity index (χ2v) is 16.0. The maximum absolute atomic E-state index is 14.4. The molecule has 0 aliphatic carbocycles. The minimum absolute atomic E-state index is 0.0360. The summed E-state index contributed by atoms with van der Waals surface area (Å²) in [5, 5.41) is 39.2. The number of cyclic esters (lactones) is 1. The van der Waals surface area contributed by atoms with Crippen LogP contribution in [0.25, 0.3) is 16.8 Å². The van der Waals surface area contributed by atoms with E-state index in [0.717, 1.165) is 16.3 Å². The number of nitrogens with zero attached hydrogens (tertiary/aromatic N) is 1. The fraction of sp³-hybridized carbons (Fsp3) is 0.643. The summed E-state index contributed by atoms with van der Waals surface area (Å²) in [6.07, 6.45) is -1.86. The van der Waals surface area contributed by atoms with Crippen molar-refractivity contribution in [2.45, 2.75) is 135 Å². The Balaban J connectivity index is 1.79. The van der Waals surface area contributed by atoms with Crippen LogP contribution < -0.4 is 5.32 Å². The van der Waals surface area contributed by atoms with Crippen LogP contribution in [0.4, 0.5) is 0 Å². The molecule has 4 rings (SSSR count). The highest BCUT2D eigenvalue weighted by Crippen LogP contribution is 2.37. The number of Topliss-reactive ketones (excluding diaryl/α,β-unsaturated/α-hetero) is 1. The predicted octanol–water partition coefficient (Wildman–Crippen LogP) is 4.26. The molecular weight excluding hydrogens is 692 g/mol. The number of hydrogen-bond acceptors (Lipinski definition) is 11. The van der Waals surface area contributed by atoms with Gasteiger partial charge in [0.25, 0.3) is 0 Å². The van der Waals surface area contributed by atoms with Gasteiger partial charge in [0.05, 0.1) is 30.5 Å². The minimum atomic E-state index is -1.96. The average Bonchev–Trinajstić information content (AvgIpc) is 3.13. The predicted molar refractivity (Wildman–Crippen MR) is 206 cm³/mol. The van der Waals surface area contributed by atoms with Crippen LogP contribution in [-0.2, 0) is 33.3 Å². The summed E-state index contributed by atoms with van der Waals surface area (Å²) >= 11 is 0. The van der Waals surface area contributed by atoms with Crippen LogP contribution in [0.2, 0.25) is 0 Å². The number of ketones is 1. The average molecular weight is 755 g/mol. The number of hydrogen-bond donors (Lipinski definition) is 4. The first kappa shape index (κ1) is 43.5. The molecule has 0 aromatic heterocycles. The molecule has 12 nitrogen and oxygen atoms in total.